The first-order valence-corrected chi connectivity index (χ1v) is 21.8. The first-order valence-electron chi connectivity index (χ1n) is 19.6. The van der Waals surface area contributed by atoms with Crippen molar-refractivity contribution in [3.63, 3.8) is 0 Å². The van der Waals surface area contributed by atoms with Crippen LogP contribution in [0.3, 0.4) is 0 Å². The molecule has 4 aromatic carbocycles. The fourth-order valence-corrected chi connectivity index (χ4v) is 13.9. The Morgan fingerprint density at radius 2 is 1.25 bits per heavy atom. The van der Waals surface area contributed by atoms with Crippen molar-refractivity contribution in [2.75, 3.05) is 26.3 Å². The van der Waals surface area contributed by atoms with Gasteiger partial charge in [0, 0.05) is 0 Å². The Morgan fingerprint density at radius 3 is 2.00 bits per heavy atom. The van der Waals surface area contributed by atoms with Gasteiger partial charge in [0.05, 0.1) is 0 Å². The van der Waals surface area contributed by atoms with Crippen molar-refractivity contribution in [3.05, 3.63) is 118 Å². The molecule has 1 aliphatic carbocycles. The van der Waals surface area contributed by atoms with Crippen LogP contribution in [0.15, 0.2) is 78.9 Å². The second-order valence-electron chi connectivity index (χ2n) is 18.6. The number of hydrogen-bond donors (Lipinski definition) is 0. The fraction of sp³-hybridized carbons (Fsp3) is 0.447. The van der Waals surface area contributed by atoms with E-state index in [9.17, 15) is 0 Å². The Hall–Kier alpha value is -3.49. The van der Waals surface area contributed by atoms with Crippen LogP contribution in [0.1, 0.15) is 139 Å². The molecule has 5 heteroatoms. The van der Waals surface area contributed by atoms with Gasteiger partial charge < -0.3 is 0 Å². The van der Waals surface area contributed by atoms with Crippen molar-refractivity contribution in [1.82, 2.24) is 0 Å². The van der Waals surface area contributed by atoms with Crippen LogP contribution in [0.4, 0.5) is 22.7 Å². The second-order valence-corrected chi connectivity index (χ2v) is 21.2. The molecule has 0 aromatic heterocycles. The molecule has 0 unspecified atom stereocenters. The number of fused-ring (bicyclic) bond motifs is 10. The number of hydrogen-bond acceptors (Lipinski definition) is 4. The predicted molar refractivity (Wildman–Crippen MR) is 218 cm³/mol. The Morgan fingerprint density at radius 1 is 0.615 bits per heavy atom. The zero-order valence-corrected chi connectivity index (χ0v) is 35.2. The zero-order valence-electron chi connectivity index (χ0n) is 32.9. The SMILES string of the molecule is Cc1cc2cc(c1)C(C)(C)N1[C]3=[Pt]=[C]4N(CN3c3cc(C5CCCCC5)ccc31)c1c(cccc1C(C)(C)C)N4C(C)(C)c1cccc(c1)C2(C)C. The molecule has 4 heterocycles. The quantitative estimate of drug-likeness (QED) is 0.189. The molecular formula is C47H56N4Pt. The number of rotatable bonds is 1. The Bertz CT molecular complexity index is 2200. The molecule has 0 spiro atoms. The van der Waals surface area contributed by atoms with Gasteiger partial charge in [-0.25, -0.2) is 0 Å². The zero-order chi connectivity index (χ0) is 36.5. The van der Waals surface area contributed by atoms with Gasteiger partial charge in [-0.2, -0.15) is 0 Å². The van der Waals surface area contributed by atoms with E-state index < -0.39 is 17.6 Å². The van der Waals surface area contributed by atoms with E-state index in [4.69, 9.17) is 0 Å². The molecule has 4 aliphatic heterocycles. The van der Waals surface area contributed by atoms with Gasteiger partial charge in [0.2, 0.25) is 0 Å². The van der Waals surface area contributed by atoms with Crippen molar-refractivity contribution < 1.29 is 17.6 Å². The first kappa shape index (κ1) is 34.3. The summed E-state index contributed by atoms with van der Waals surface area (Å²) in [6.45, 7) is 25.0. The van der Waals surface area contributed by atoms with Crippen LogP contribution in [0.25, 0.3) is 0 Å². The summed E-state index contributed by atoms with van der Waals surface area (Å²) in [6, 6.07) is 31.6. The van der Waals surface area contributed by atoms with Gasteiger partial charge >= 0.3 is 322 Å². The Labute approximate surface area is 320 Å². The van der Waals surface area contributed by atoms with Crippen molar-refractivity contribution in [1.29, 1.82) is 0 Å². The van der Waals surface area contributed by atoms with Crippen molar-refractivity contribution in [2.45, 2.75) is 129 Å². The van der Waals surface area contributed by atoms with Gasteiger partial charge in [-0.1, -0.05) is 0 Å². The van der Waals surface area contributed by atoms with Crippen molar-refractivity contribution in [2.24, 2.45) is 0 Å². The molecule has 0 saturated heterocycles. The van der Waals surface area contributed by atoms with E-state index >= 15 is 0 Å². The second kappa shape index (κ2) is 11.5. The molecular weight excluding hydrogens is 816 g/mol. The molecule has 0 radical (unpaired) electrons. The van der Waals surface area contributed by atoms with Crippen LogP contribution < -0.4 is 19.6 Å². The van der Waals surface area contributed by atoms with Crippen LogP contribution in [-0.2, 0) is 39.5 Å². The van der Waals surface area contributed by atoms with E-state index in [0.717, 1.165) is 6.67 Å². The average molecular weight is 872 g/mol. The van der Waals surface area contributed by atoms with Crippen molar-refractivity contribution >= 4 is 31.0 Å². The third-order valence-corrected chi connectivity index (χ3v) is 16.3. The van der Waals surface area contributed by atoms with Crippen LogP contribution in [0.5, 0.6) is 0 Å². The van der Waals surface area contributed by atoms with E-state index in [0.29, 0.717) is 5.92 Å². The van der Waals surface area contributed by atoms with E-state index in [-0.39, 0.29) is 21.9 Å². The van der Waals surface area contributed by atoms with Crippen LogP contribution >= 0.6 is 0 Å². The van der Waals surface area contributed by atoms with Gasteiger partial charge in [0.25, 0.3) is 0 Å². The summed E-state index contributed by atoms with van der Waals surface area (Å²) in [7, 11) is 0. The van der Waals surface area contributed by atoms with E-state index in [1.54, 1.807) is 0 Å². The summed E-state index contributed by atoms with van der Waals surface area (Å²) in [6.07, 6.45) is 6.72. The molecule has 1 fully saturated rings. The molecule has 0 amide bonds. The van der Waals surface area contributed by atoms with Gasteiger partial charge in [-0.05, 0) is 0 Å². The third-order valence-electron chi connectivity index (χ3n) is 13.0. The summed E-state index contributed by atoms with van der Waals surface area (Å²) in [5, 5.41) is 0. The van der Waals surface area contributed by atoms with E-state index in [2.05, 4.69) is 168 Å². The Kier molecular flexibility index (Phi) is 7.59. The molecule has 0 atom stereocenters. The topological polar surface area (TPSA) is 13.0 Å². The number of para-hydroxylation sites is 1. The molecule has 4 nitrogen and oxygen atoms in total. The summed E-state index contributed by atoms with van der Waals surface area (Å²) in [5.41, 5.74) is 14.6. The first-order chi connectivity index (χ1) is 24.6. The maximum atomic E-state index is 2.78. The molecule has 4 aromatic rings. The van der Waals surface area contributed by atoms with E-state index in [1.165, 1.54) is 102 Å². The fourth-order valence-electron chi connectivity index (χ4n) is 9.69. The van der Waals surface area contributed by atoms with Gasteiger partial charge in [-0.3, -0.25) is 0 Å². The molecule has 0 N–H and O–H groups in total. The van der Waals surface area contributed by atoms with Gasteiger partial charge in [-0.15, -0.1) is 0 Å². The van der Waals surface area contributed by atoms with Gasteiger partial charge in [0.15, 0.2) is 0 Å². The van der Waals surface area contributed by atoms with Crippen LogP contribution in [0, 0.1) is 6.92 Å². The van der Waals surface area contributed by atoms with E-state index in [1.807, 2.05) is 0 Å². The molecule has 6 bridgehead atoms. The molecule has 9 rings (SSSR count). The molecule has 1 saturated carbocycles. The van der Waals surface area contributed by atoms with Gasteiger partial charge in [0.1, 0.15) is 0 Å². The van der Waals surface area contributed by atoms with Crippen LogP contribution in [-0.4, -0.2) is 15.0 Å². The number of anilines is 4. The average Bonchev–Trinajstić information content (AvgIpc) is 3.62. The summed E-state index contributed by atoms with van der Waals surface area (Å²) >= 11 is -0.639. The van der Waals surface area contributed by atoms with Crippen molar-refractivity contribution in [3.8, 4) is 0 Å². The maximum absolute atomic E-state index is 2.78. The molecule has 274 valence electrons. The minimum absolute atomic E-state index is 0.00864. The third kappa shape index (κ3) is 4.95. The predicted octanol–water partition coefficient (Wildman–Crippen LogP) is 11.0. The number of aryl methyl sites for hydroxylation is 1. The number of nitrogens with zero attached hydrogens (tertiary/aromatic N) is 4. The standard InChI is InChI=1S/C47H56N4.Pt/c1-32-24-37-28-38(25-32)47(9,10)50-30-48(42-26-34(22-23-40(42)50)33-16-12-11-13-17-33)29-49-31-51(41-21-15-20-39(43(41)49)44(2,3)4)46(7,8)36-19-14-18-35(27-36)45(37,5)6;/h14-15,18-28,33H,11-13,16-17,29H2,1-10H3;. The summed E-state index contributed by atoms with van der Waals surface area (Å²) in [5.74, 6) is 0.667. The number of benzene rings is 4. The monoisotopic (exact) mass is 871 g/mol. The van der Waals surface area contributed by atoms with Crippen LogP contribution in [0.2, 0.25) is 0 Å². The molecule has 52 heavy (non-hydrogen) atoms. The Balaban J connectivity index is 1.38. The molecule has 5 aliphatic rings. The normalized spacial score (nSPS) is 21.4. The summed E-state index contributed by atoms with van der Waals surface area (Å²) in [4.78, 5) is 11.0. The summed E-state index contributed by atoms with van der Waals surface area (Å²) < 4.78 is 3.00. The minimum atomic E-state index is -0.639.